The van der Waals surface area contributed by atoms with Crippen molar-refractivity contribution in [1.82, 2.24) is 4.90 Å². The highest BCUT2D eigenvalue weighted by Gasteiger charge is 2.60. The summed E-state index contributed by atoms with van der Waals surface area (Å²) < 4.78 is 0. The molecule has 7 unspecified atom stereocenters. The highest BCUT2D eigenvalue weighted by atomic mass is 16.4. The fraction of sp³-hybridized carbons (Fsp3) is 1.00. The standard InChI is InChI=1S/C18H33NO5/c1-19-7-3-2-4-13(19)6-5-12-8-17(23)10-15(21)16(22)11-18(17,24)9-14(12)20/h12-16,20-24H,2-11H2,1H3. The fourth-order valence-electron chi connectivity index (χ4n) is 5.18. The summed E-state index contributed by atoms with van der Waals surface area (Å²) in [5.41, 5.74) is -2.93. The van der Waals surface area contributed by atoms with Crippen LogP contribution < -0.4 is 0 Å². The summed E-state index contributed by atoms with van der Waals surface area (Å²) in [4.78, 5) is 2.38. The monoisotopic (exact) mass is 343 g/mol. The molecule has 6 nitrogen and oxygen atoms in total. The lowest BCUT2D eigenvalue weighted by molar-refractivity contribution is -0.260. The van der Waals surface area contributed by atoms with E-state index >= 15 is 0 Å². The minimum atomic E-state index is -1.51. The fourth-order valence-corrected chi connectivity index (χ4v) is 5.18. The van der Waals surface area contributed by atoms with Gasteiger partial charge in [0.25, 0.3) is 0 Å². The number of aliphatic hydroxyl groups is 5. The molecule has 0 aromatic rings. The number of piperidine rings is 1. The van der Waals surface area contributed by atoms with Gasteiger partial charge in [0.1, 0.15) is 0 Å². The molecule has 0 aromatic carbocycles. The summed E-state index contributed by atoms with van der Waals surface area (Å²) >= 11 is 0. The molecule has 1 aliphatic heterocycles. The summed E-state index contributed by atoms with van der Waals surface area (Å²) in [5, 5.41) is 52.0. The maximum absolute atomic E-state index is 11.0. The third-order valence-electron chi connectivity index (χ3n) is 6.89. The van der Waals surface area contributed by atoms with Crippen LogP contribution in [0.15, 0.2) is 0 Å². The predicted octanol–water partition coefficient (Wildman–Crippen LogP) is -0.000400. The van der Waals surface area contributed by atoms with Crippen LogP contribution in [0.4, 0.5) is 0 Å². The van der Waals surface area contributed by atoms with Crippen molar-refractivity contribution < 1.29 is 25.5 Å². The molecule has 0 bridgehead atoms. The topological polar surface area (TPSA) is 104 Å². The van der Waals surface area contributed by atoms with Crippen molar-refractivity contribution in [3.8, 4) is 0 Å². The largest absolute Gasteiger partial charge is 0.393 e. The first-order chi connectivity index (χ1) is 11.2. The minimum Gasteiger partial charge on any atom is -0.393 e. The second-order valence-electron chi connectivity index (χ2n) is 8.55. The lowest BCUT2D eigenvalue weighted by Gasteiger charge is -2.56. The van der Waals surface area contributed by atoms with E-state index < -0.39 is 29.5 Å². The van der Waals surface area contributed by atoms with Gasteiger partial charge in [0.05, 0.1) is 29.5 Å². The van der Waals surface area contributed by atoms with Gasteiger partial charge >= 0.3 is 0 Å². The Hall–Kier alpha value is -0.240. The van der Waals surface area contributed by atoms with Crippen LogP contribution in [0.2, 0.25) is 0 Å². The van der Waals surface area contributed by atoms with Crippen molar-refractivity contribution in [3.63, 3.8) is 0 Å². The van der Waals surface area contributed by atoms with Crippen molar-refractivity contribution in [3.05, 3.63) is 0 Å². The van der Waals surface area contributed by atoms with E-state index in [1.54, 1.807) is 0 Å². The van der Waals surface area contributed by atoms with Crippen molar-refractivity contribution >= 4 is 0 Å². The van der Waals surface area contributed by atoms with Gasteiger partial charge in [0.15, 0.2) is 0 Å². The summed E-state index contributed by atoms with van der Waals surface area (Å²) in [5.74, 6) is -0.0759. The van der Waals surface area contributed by atoms with Crippen LogP contribution in [0.3, 0.4) is 0 Å². The van der Waals surface area contributed by atoms with Crippen LogP contribution in [0, 0.1) is 5.92 Å². The van der Waals surface area contributed by atoms with Gasteiger partial charge in [-0.25, -0.2) is 0 Å². The molecule has 6 heteroatoms. The summed E-state index contributed by atoms with van der Waals surface area (Å²) in [6.45, 7) is 1.12. The van der Waals surface area contributed by atoms with Crippen molar-refractivity contribution in [2.24, 2.45) is 5.92 Å². The molecule has 2 saturated carbocycles. The van der Waals surface area contributed by atoms with E-state index in [2.05, 4.69) is 11.9 Å². The van der Waals surface area contributed by atoms with E-state index in [1.165, 1.54) is 19.3 Å². The average Bonchev–Trinajstić information content (AvgIpc) is 2.50. The molecule has 2 aliphatic carbocycles. The normalized spacial score (nSPS) is 50.5. The van der Waals surface area contributed by atoms with Crippen LogP contribution in [0.1, 0.15) is 57.8 Å². The van der Waals surface area contributed by atoms with Gasteiger partial charge < -0.3 is 30.4 Å². The molecule has 1 saturated heterocycles. The quantitative estimate of drug-likeness (QED) is 0.494. The molecule has 5 N–H and O–H groups in total. The van der Waals surface area contributed by atoms with E-state index in [0.29, 0.717) is 6.04 Å². The van der Waals surface area contributed by atoms with E-state index in [4.69, 9.17) is 0 Å². The van der Waals surface area contributed by atoms with Crippen LogP contribution in [-0.2, 0) is 0 Å². The van der Waals surface area contributed by atoms with E-state index in [1.807, 2.05) is 0 Å². The Bertz CT molecular complexity index is 449. The summed E-state index contributed by atoms with van der Waals surface area (Å²) in [6.07, 6.45) is 2.96. The molecular weight excluding hydrogens is 310 g/mol. The molecule has 0 radical (unpaired) electrons. The number of hydrogen-bond acceptors (Lipinski definition) is 6. The van der Waals surface area contributed by atoms with E-state index in [-0.39, 0.29) is 31.6 Å². The molecule has 3 fully saturated rings. The minimum absolute atomic E-state index is 0.0305. The van der Waals surface area contributed by atoms with Gasteiger partial charge in [-0.2, -0.15) is 0 Å². The molecule has 7 atom stereocenters. The van der Waals surface area contributed by atoms with Crippen molar-refractivity contribution in [2.45, 2.75) is 93.3 Å². The Labute approximate surface area is 144 Å². The third-order valence-corrected chi connectivity index (χ3v) is 6.89. The zero-order chi connectivity index (χ0) is 17.5. The number of nitrogens with zero attached hydrogens (tertiary/aromatic N) is 1. The van der Waals surface area contributed by atoms with E-state index in [9.17, 15) is 25.5 Å². The molecule has 1 heterocycles. The van der Waals surface area contributed by atoms with Gasteiger partial charge in [0, 0.05) is 25.3 Å². The highest BCUT2D eigenvalue weighted by molar-refractivity contribution is 5.12. The summed E-state index contributed by atoms with van der Waals surface area (Å²) in [6, 6.07) is 0.528. The van der Waals surface area contributed by atoms with Gasteiger partial charge in [-0.05, 0) is 51.6 Å². The maximum Gasteiger partial charge on any atom is 0.0984 e. The summed E-state index contributed by atoms with van der Waals surface area (Å²) in [7, 11) is 2.15. The Balaban J connectivity index is 1.64. The Morgan fingerprint density at radius 1 is 0.833 bits per heavy atom. The second kappa shape index (κ2) is 6.82. The van der Waals surface area contributed by atoms with Crippen LogP contribution >= 0.6 is 0 Å². The maximum atomic E-state index is 11.0. The molecular formula is C18H33NO5. The molecule has 0 spiro atoms. The molecule has 0 aromatic heterocycles. The van der Waals surface area contributed by atoms with Gasteiger partial charge in [0.2, 0.25) is 0 Å². The molecule has 140 valence electrons. The number of likely N-dealkylation sites (tertiary alicyclic amines) is 1. The lowest BCUT2D eigenvalue weighted by Crippen LogP contribution is -2.67. The molecule has 3 aliphatic rings. The van der Waals surface area contributed by atoms with Crippen LogP contribution in [0.25, 0.3) is 0 Å². The van der Waals surface area contributed by atoms with Crippen LogP contribution in [-0.4, -0.2) is 79.6 Å². The van der Waals surface area contributed by atoms with Crippen molar-refractivity contribution in [2.75, 3.05) is 13.6 Å². The first-order valence-electron chi connectivity index (χ1n) is 9.43. The number of fused-ring (bicyclic) bond motifs is 1. The van der Waals surface area contributed by atoms with E-state index in [0.717, 1.165) is 19.4 Å². The Morgan fingerprint density at radius 2 is 1.42 bits per heavy atom. The Kier molecular flexibility index (Phi) is 5.27. The first kappa shape index (κ1) is 18.5. The van der Waals surface area contributed by atoms with Gasteiger partial charge in [-0.15, -0.1) is 0 Å². The highest BCUT2D eigenvalue weighted by Crippen LogP contribution is 2.50. The van der Waals surface area contributed by atoms with Gasteiger partial charge in [-0.3, -0.25) is 0 Å². The molecule has 3 rings (SSSR count). The van der Waals surface area contributed by atoms with Crippen molar-refractivity contribution in [1.29, 1.82) is 0 Å². The lowest BCUT2D eigenvalue weighted by atomic mass is 9.58. The van der Waals surface area contributed by atoms with Gasteiger partial charge in [-0.1, -0.05) is 6.42 Å². The first-order valence-corrected chi connectivity index (χ1v) is 9.43. The average molecular weight is 343 g/mol. The molecule has 0 amide bonds. The number of hydrogen-bond donors (Lipinski definition) is 5. The predicted molar refractivity (Wildman–Crippen MR) is 89.4 cm³/mol. The third kappa shape index (κ3) is 3.37. The second-order valence-corrected chi connectivity index (χ2v) is 8.55. The smallest absolute Gasteiger partial charge is 0.0984 e. The number of rotatable bonds is 3. The van der Waals surface area contributed by atoms with Crippen LogP contribution in [0.5, 0.6) is 0 Å². The molecule has 24 heavy (non-hydrogen) atoms. The zero-order valence-electron chi connectivity index (χ0n) is 14.6. The number of aliphatic hydroxyl groups excluding tert-OH is 3. The zero-order valence-corrected chi connectivity index (χ0v) is 14.6. The SMILES string of the molecule is CN1CCCCC1CCC1CC2(O)CC(O)C(O)CC2(O)CC1O. The Morgan fingerprint density at radius 3 is 2.04 bits per heavy atom.